The molecule has 4 nitrogen and oxygen atoms in total. The van der Waals surface area contributed by atoms with E-state index in [4.69, 9.17) is 9.47 Å². The van der Waals surface area contributed by atoms with E-state index in [2.05, 4.69) is 11.1 Å². The van der Waals surface area contributed by atoms with Crippen molar-refractivity contribution in [2.45, 2.75) is 25.9 Å². The second-order valence-corrected chi connectivity index (χ2v) is 8.50. The van der Waals surface area contributed by atoms with Gasteiger partial charge in [-0.15, -0.1) is 0 Å². The molecule has 5 heteroatoms. The quantitative estimate of drug-likeness (QED) is 0.410. The number of aliphatic imine (C=N–C) groups is 1. The highest BCUT2D eigenvalue weighted by Gasteiger charge is 2.30. The first kappa shape index (κ1) is 22.3. The van der Waals surface area contributed by atoms with Crippen LogP contribution in [0.1, 0.15) is 30.5 Å². The number of para-hydroxylation sites is 1. The minimum Gasteiger partial charge on any atom is -0.493 e. The third-order valence-electron chi connectivity index (χ3n) is 5.42. The van der Waals surface area contributed by atoms with Crippen LogP contribution in [0.4, 0.5) is 10.1 Å². The van der Waals surface area contributed by atoms with E-state index in [1.807, 2.05) is 62.4 Å². The summed E-state index contributed by atoms with van der Waals surface area (Å²) in [6.07, 6.45) is 4.18. The number of nitriles is 1. The zero-order valence-corrected chi connectivity index (χ0v) is 18.9. The van der Waals surface area contributed by atoms with Gasteiger partial charge in [0.1, 0.15) is 11.4 Å². The Morgan fingerprint density at radius 1 is 1.12 bits per heavy atom. The molecule has 0 spiro atoms. The second kappa shape index (κ2) is 9.30. The molecule has 0 saturated carbocycles. The number of nitrogens with zero attached hydrogens (tertiary/aromatic N) is 2. The molecule has 1 aliphatic heterocycles. The average Bonchev–Trinajstić information content (AvgIpc) is 2.81. The van der Waals surface area contributed by atoms with E-state index in [9.17, 15) is 9.65 Å². The Morgan fingerprint density at radius 3 is 2.52 bits per heavy atom. The molecule has 0 radical (unpaired) electrons. The van der Waals surface area contributed by atoms with Crippen molar-refractivity contribution in [1.29, 1.82) is 5.26 Å². The van der Waals surface area contributed by atoms with Crippen molar-refractivity contribution in [3.8, 4) is 17.6 Å². The van der Waals surface area contributed by atoms with Gasteiger partial charge in [-0.1, -0.05) is 30.3 Å². The van der Waals surface area contributed by atoms with Crippen LogP contribution in [0.15, 0.2) is 77.8 Å². The molecule has 0 N–H and O–H groups in total. The third-order valence-corrected chi connectivity index (χ3v) is 5.42. The lowest BCUT2D eigenvalue weighted by atomic mass is 9.87. The summed E-state index contributed by atoms with van der Waals surface area (Å²) in [6.45, 7) is 3.94. The summed E-state index contributed by atoms with van der Waals surface area (Å²) >= 11 is 0. The van der Waals surface area contributed by atoms with Gasteiger partial charge in [0.25, 0.3) is 0 Å². The third kappa shape index (κ3) is 5.12. The highest BCUT2D eigenvalue weighted by Crippen LogP contribution is 2.45. The van der Waals surface area contributed by atoms with E-state index in [1.165, 1.54) is 12.1 Å². The maximum atomic E-state index is 13.6. The predicted octanol–water partition coefficient (Wildman–Crippen LogP) is 6.52. The number of hydrogen-bond acceptors (Lipinski definition) is 4. The Balaban J connectivity index is 1.72. The normalized spacial score (nSPS) is 15.2. The van der Waals surface area contributed by atoms with Gasteiger partial charge in [-0.3, -0.25) is 4.99 Å². The number of methoxy groups -OCH3 is 1. The molecule has 1 heterocycles. The standard InChI is InChI=1S/C28H25FN2O2/c1-28(2)16-25(21-9-11-22(29)12-10-21)24-14-19(15-26(32-3)27(24)33-28)13-20(17-30)18-31-23-7-5-4-6-8-23/h4-12,14-16,18,20H,13H2,1-3H3. The van der Waals surface area contributed by atoms with Crippen molar-refractivity contribution in [3.63, 3.8) is 0 Å². The maximum absolute atomic E-state index is 13.6. The Kier molecular flexibility index (Phi) is 6.28. The van der Waals surface area contributed by atoms with Crippen LogP contribution in [-0.2, 0) is 6.42 Å². The number of ether oxygens (including phenoxy) is 2. The van der Waals surface area contributed by atoms with E-state index < -0.39 is 11.5 Å². The summed E-state index contributed by atoms with van der Waals surface area (Å²) in [5.41, 5.74) is 3.84. The first-order valence-corrected chi connectivity index (χ1v) is 10.8. The first-order chi connectivity index (χ1) is 15.9. The Bertz CT molecular complexity index is 1240. The lowest BCUT2D eigenvalue weighted by Crippen LogP contribution is -2.29. The van der Waals surface area contributed by atoms with Gasteiger partial charge in [0.05, 0.1) is 24.8 Å². The second-order valence-electron chi connectivity index (χ2n) is 8.50. The smallest absolute Gasteiger partial charge is 0.170 e. The van der Waals surface area contributed by atoms with E-state index >= 15 is 0 Å². The molecule has 0 aromatic heterocycles. The molecule has 0 amide bonds. The molecule has 1 unspecified atom stereocenters. The minimum atomic E-state index is -0.566. The van der Waals surface area contributed by atoms with Gasteiger partial charge in [-0.2, -0.15) is 5.26 Å². The van der Waals surface area contributed by atoms with Gasteiger partial charge in [-0.05, 0) is 79.4 Å². The molecule has 0 bridgehead atoms. The van der Waals surface area contributed by atoms with Gasteiger partial charge >= 0.3 is 0 Å². The van der Waals surface area contributed by atoms with Crippen LogP contribution in [-0.4, -0.2) is 18.9 Å². The van der Waals surface area contributed by atoms with Gasteiger partial charge < -0.3 is 9.47 Å². The number of fused-ring (bicyclic) bond motifs is 1. The molecule has 166 valence electrons. The van der Waals surface area contributed by atoms with E-state index in [-0.39, 0.29) is 5.82 Å². The van der Waals surface area contributed by atoms with Crippen LogP contribution in [0, 0.1) is 23.1 Å². The van der Waals surface area contributed by atoms with Crippen LogP contribution < -0.4 is 9.47 Å². The summed E-state index contributed by atoms with van der Waals surface area (Å²) in [5.74, 6) is 0.540. The summed E-state index contributed by atoms with van der Waals surface area (Å²) in [5, 5.41) is 9.71. The topological polar surface area (TPSA) is 54.6 Å². The number of rotatable bonds is 6. The Labute approximate surface area is 193 Å². The first-order valence-electron chi connectivity index (χ1n) is 10.8. The van der Waals surface area contributed by atoms with Crippen molar-refractivity contribution in [2.24, 2.45) is 10.9 Å². The highest BCUT2D eigenvalue weighted by molar-refractivity contribution is 5.86. The monoisotopic (exact) mass is 440 g/mol. The lowest BCUT2D eigenvalue weighted by Gasteiger charge is -2.32. The zero-order chi connectivity index (χ0) is 23.4. The van der Waals surface area contributed by atoms with Gasteiger partial charge in [0.15, 0.2) is 11.5 Å². The fourth-order valence-electron chi connectivity index (χ4n) is 3.90. The molecule has 1 aliphatic rings. The fraction of sp³-hybridized carbons (Fsp3) is 0.214. The maximum Gasteiger partial charge on any atom is 0.170 e. The molecule has 0 fully saturated rings. The van der Waals surface area contributed by atoms with E-state index in [0.717, 1.165) is 28.0 Å². The van der Waals surface area contributed by atoms with Crippen molar-refractivity contribution in [1.82, 2.24) is 0 Å². The molecule has 0 aliphatic carbocycles. The Hall–Kier alpha value is -3.91. The van der Waals surface area contributed by atoms with Crippen molar-refractivity contribution >= 4 is 17.5 Å². The summed E-state index contributed by atoms with van der Waals surface area (Å²) in [7, 11) is 1.60. The highest BCUT2D eigenvalue weighted by atomic mass is 19.1. The molecular formula is C28H25FN2O2. The number of halogens is 1. The fourth-order valence-corrected chi connectivity index (χ4v) is 3.90. The van der Waals surface area contributed by atoms with Crippen molar-refractivity contribution in [2.75, 3.05) is 7.11 Å². The summed E-state index contributed by atoms with van der Waals surface area (Å²) < 4.78 is 25.5. The van der Waals surface area contributed by atoms with Gasteiger partial charge in [-0.25, -0.2) is 4.39 Å². The van der Waals surface area contributed by atoms with Crippen LogP contribution in [0.2, 0.25) is 0 Å². The van der Waals surface area contributed by atoms with Crippen molar-refractivity contribution < 1.29 is 13.9 Å². The van der Waals surface area contributed by atoms with Gasteiger partial charge in [0, 0.05) is 11.8 Å². The van der Waals surface area contributed by atoms with E-state index in [1.54, 1.807) is 25.5 Å². The molecule has 0 saturated heterocycles. The largest absolute Gasteiger partial charge is 0.493 e. The van der Waals surface area contributed by atoms with Crippen molar-refractivity contribution in [3.05, 3.63) is 95.3 Å². The SMILES string of the molecule is COc1cc(CC(C#N)C=Nc2ccccc2)cc2c1OC(C)(C)C=C2c1ccc(F)cc1. The molecule has 3 aromatic carbocycles. The van der Waals surface area contributed by atoms with Crippen LogP contribution in [0.3, 0.4) is 0 Å². The minimum absolute atomic E-state index is 0.285. The van der Waals surface area contributed by atoms with Crippen LogP contribution >= 0.6 is 0 Å². The summed E-state index contributed by atoms with van der Waals surface area (Å²) in [6, 6.07) is 22.2. The molecular weight excluding hydrogens is 415 g/mol. The van der Waals surface area contributed by atoms with Gasteiger partial charge in [0.2, 0.25) is 0 Å². The average molecular weight is 441 g/mol. The lowest BCUT2D eigenvalue weighted by molar-refractivity contribution is 0.151. The molecule has 3 aromatic rings. The summed E-state index contributed by atoms with van der Waals surface area (Å²) in [4.78, 5) is 4.44. The number of hydrogen-bond donors (Lipinski definition) is 0. The molecule has 33 heavy (non-hydrogen) atoms. The molecule has 4 rings (SSSR count). The molecule has 1 atom stereocenters. The van der Waals surface area contributed by atoms with Crippen LogP contribution in [0.25, 0.3) is 5.57 Å². The predicted molar refractivity (Wildman–Crippen MR) is 129 cm³/mol. The zero-order valence-electron chi connectivity index (χ0n) is 18.9. The number of benzene rings is 3. The van der Waals surface area contributed by atoms with Crippen LogP contribution in [0.5, 0.6) is 11.5 Å². The van der Waals surface area contributed by atoms with E-state index in [0.29, 0.717) is 17.9 Å². The Morgan fingerprint density at radius 2 is 1.85 bits per heavy atom.